The Morgan fingerprint density at radius 1 is 1.44 bits per heavy atom. The molecule has 1 fully saturated rings. The van der Waals surface area contributed by atoms with Crippen molar-refractivity contribution in [3.8, 4) is 5.75 Å². The van der Waals surface area contributed by atoms with Crippen molar-refractivity contribution in [1.82, 2.24) is 10.3 Å². The number of carbonyl (C=O) groups excluding carboxylic acids is 1. The second-order valence-electron chi connectivity index (χ2n) is 5.43. The molecule has 0 saturated heterocycles. The molecular formula is C14H20N2O2. The average molecular weight is 248 g/mol. The van der Waals surface area contributed by atoms with Crippen molar-refractivity contribution < 1.29 is 9.90 Å². The number of aromatic nitrogens is 1. The molecule has 0 radical (unpaired) electrons. The number of rotatable bonds is 3. The highest BCUT2D eigenvalue weighted by atomic mass is 16.3. The van der Waals surface area contributed by atoms with E-state index in [1.807, 2.05) is 0 Å². The Labute approximate surface area is 107 Å². The highest BCUT2D eigenvalue weighted by molar-refractivity contribution is 5.94. The van der Waals surface area contributed by atoms with Crippen molar-refractivity contribution in [2.75, 3.05) is 6.54 Å². The van der Waals surface area contributed by atoms with Gasteiger partial charge in [0, 0.05) is 12.7 Å². The summed E-state index contributed by atoms with van der Waals surface area (Å²) >= 11 is 0. The first-order valence-electron chi connectivity index (χ1n) is 6.53. The maximum absolute atomic E-state index is 11.9. The fourth-order valence-corrected chi connectivity index (χ4v) is 2.53. The third-order valence-electron chi connectivity index (χ3n) is 3.74. The first kappa shape index (κ1) is 12.9. The summed E-state index contributed by atoms with van der Waals surface area (Å²) in [6.07, 6.45) is 7.59. The molecule has 1 aromatic rings. The van der Waals surface area contributed by atoms with E-state index in [2.05, 4.69) is 17.2 Å². The standard InChI is InChI=1S/C14H20N2O2/c1-14(7-3-2-4-8-14)10-16-13(18)12-11(17)6-5-9-15-12/h5-6,9,17H,2-4,7-8,10H2,1H3,(H,16,18). The minimum atomic E-state index is -0.292. The van der Waals surface area contributed by atoms with Crippen molar-refractivity contribution in [3.05, 3.63) is 24.0 Å². The smallest absolute Gasteiger partial charge is 0.273 e. The monoisotopic (exact) mass is 248 g/mol. The maximum Gasteiger partial charge on any atom is 0.273 e. The molecule has 0 spiro atoms. The van der Waals surface area contributed by atoms with Gasteiger partial charge in [0.2, 0.25) is 0 Å². The van der Waals surface area contributed by atoms with Crippen LogP contribution in [0.2, 0.25) is 0 Å². The first-order chi connectivity index (χ1) is 8.61. The molecule has 1 saturated carbocycles. The Kier molecular flexibility index (Phi) is 3.84. The third kappa shape index (κ3) is 3.00. The van der Waals surface area contributed by atoms with Crippen LogP contribution in [0.1, 0.15) is 49.5 Å². The Morgan fingerprint density at radius 3 is 2.83 bits per heavy atom. The van der Waals surface area contributed by atoms with Crippen molar-refractivity contribution in [3.63, 3.8) is 0 Å². The van der Waals surface area contributed by atoms with Gasteiger partial charge in [0.05, 0.1) is 0 Å². The van der Waals surface area contributed by atoms with Gasteiger partial charge in [0.25, 0.3) is 5.91 Å². The summed E-state index contributed by atoms with van der Waals surface area (Å²) in [6.45, 7) is 2.87. The van der Waals surface area contributed by atoms with E-state index in [-0.39, 0.29) is 22.8 Å². The summed E-state index contributed by atoms with van der Waals surface area (Å²) in [6, 6.07) is 3.08. The molecule has 0 aromatic carbocycles. The Balaban J connectivity index is 1.94. The molecule has 0 atom stereocenters. The predicted octanol–water partition coefficient (Wildman–Crippen LogP) is 2.49. The predicted molar refractivity (Wildman–Crippen MR) is 69.4 cm³/mol. The molecule has 1 aromatic heterocycles. The topological polar surface area (TPSA) is 62.2 Å². The summed E-state index contributed by atoms with van der Waals surface area (Å²) in [5.74, 6) is -0.358. The minimum absolute atomic E-state index is 0.0659. The average Bonchev–Trinajstić information content (AvgIpc) is 2.38. The van der Waals surface area contributed by atoms with Crippen LogP contribution in [0.5, 0.6) is 5.75 Å². The molecule has 4 heteroatoms. The molecule has 18 heavy (non-hydrogen) atoms. The van der Waals surface area contributed by atoms with Crippen LogP contribution in [0.4, 0.5) is 0 Å². The van der Waals surface area contributed by atoms with E-state index in [0.29, 0.717) is 6.54 Å². The van der Waals surface area contributed by atoms with Crippen LogP contribution in [0.25, 0.3) is 0 Å². The van der Waals surface area contributed by atoms with Gasteiger partial charge in [-0.2, -0.15) is 0 Å². The summed E-state index contributed by atoms with van der Waals surface area (Å²) in [5, 5.41) is 12.4. The van der Waals surface area contributed by atoms with E-state index >= 15 is 0 Å². The maximum atomic E-state index is 11.9. The number of carbonyl (C=O) groups is 1. The molecule has 2 rings (SSSR count). The summed E-state index contributed by atoms with van der Waals surface area (Å²) in [5.41, 5.74) is 0.301. The van der Waals surface area contributed by atoms with Gasteiger partial charge in [0.15, 0.2) is 5.69 Å². The van der Waals surface area contributed by atoms with E-state index in [0.717, 1.165) is 12.8 Å². The van der Waals surface area contributed by atoms with Gasteiger partial charge in [-0.25, -0.2) is 4.98 Å². The normalized spacial score (nSPS) is 18.3. The van der Waals surface area contributed by atoms with Crippen LogP contribution in [0.15, 0.2) is 18.3 Å². The number of hydrogen-bond donors (Lipinski definition) is 2. The highest BCUT2D eigenvalue weighted by Crippen LogP contribution is 2.35. The van der Waals surface area contributed by atoms with Crippen LogP contribution in [-0.2, 0) is 0 Å². The van der Waals surface area contributed by atoms with Gasteiger partial charge < -0.3 is 10.4 Å². The molecule has 0 bridgehead atoms. The van der Waals surface area contributed by atoms with Gasteiger partial charge in [-0.15, -0.1) is 0 Å². The SMILES string of the molecule is CC1(CNC(=O)c2ncccc2O)CCCCC1. The van der Waals surface area contributed by atoms with Crippen molar-refractivity contribution in [2.45, 2.75) is 39.0 Å². The zero-order chi connectivity index (χ0) is 13.0. The quantitative estimate of drug-likeness (QED) is 0.863. The second-order valence-corrected chi connectivity index (χ2v) is 5.43. The van der Waals surface area contributed by atoms with Gasteiger partial charge in [0.1, 0.15) is 5.75 Å². The molecule has 1 aliphatic rings. The Morgan fingerprint density at radius 2 is 2.17 bits per heavy atom. The molecule has 0 unspecified atom stereocenters. The van der Waals surface area contributed by atoms with Crippen LogP contribution < -0.4 is 5.32 Å². The van der Waals surface area contributed by atoms with E-state index in [9.17, 15) is 9.90 Å². The van der Waals surface area contributed by atoms with Crippen molar-refractivity contribution in [1.29, 1.82) is 0 Å². The Hall–Kier alpha value is -1.58. The summed E-state index contributed by atoms with van der Waals surface area (Å²) < 4.78 is 0. The molecule has 98 valence electrons. The molecule has 4 nitrogen and oxygen atoms in total. The van der Waals surface area contributed by atoms with Crippen molar-refractivity contribution in [2.24, 2.45) is 5.41 Å². The fraction of sp³-hybridized carbons (Fsp3) is 0.571. The van der Waals surface area contributed by atoms with Crippen LogP contribution in [0, 0.1) is 5.41 Å². The van der Waals surface area contributed by atoms with Crippen molar-refractivity contribution >= 4 is 5.91 Å². The first-order valence-corrected chi connectivity index (χ1v) is 6.53. The second kappa shape index (κ2) is 5.38. The number of pyridine rings is 1. The molecule has 0 aliphatic heterocycles. The number of amides is 1. The lowest BCUT2D eigenvalue weighted by Gasteiger charge is -2.33. The summed E-state index contributed by atoms with van der Waals surface area (Å²) in [7, 11) is 0. The number of nitrogens with one attached hydrogen (secondary N) is 1. The van der Waals surface area contributed by atoms with Gasteiger partial charge in [-0.1, -0.05) is 26.2 Å². The van der Waals surface area contributed by atoms with Crippen LogP contribution >= 0.6 is 0 Å². The lowest BCUT2D eigenvalue weighted by Crippen LogP contribution is -2.37. The number of aromatic hydroxyl groups is 1. The van der Waals surface area contributed by atoms with Crippen LogP contribution in [-0.4, -0.2) is 22.5 Å². The van der Waals surface area contributed by atoms with Gasteiger partial charge >= 0.3 is 0 Å². The largest absolute Gasteiger partial charge is 0.505 e. The minimum Gasteiger partial charge on any atom is -0.505 e. The van der Waals surface area contributed by atoms with Gasteiger partial charge in [-0.3, -0.25) is 4.79 Å². The van der Waals surface area contributed by atoms with E-state index in [1.54, 1.807) is 6.07 Å². The molecular weight excluding hydrogens is 228 g/mol. The number of nitrogens with zero attached hydrogens (tertiary/aromatic N) is 1. The van der Waals surface area contributed by atoms with E-state index < -0.39 is 0 Å². The molecule has 1 amide bonds. The fourth-order valence-electron chi connectivity index (χ4n) is 2.53. The van der Waals surface area contributed by atoms with Crippen LogP contribution in [0.3, 0.4) is 0 Å². The molecule has 1 heterocycles. The zero-order valence-electron chi connectivity index (χ0n) is 10.8. The molecule has 1 aliphatic carbocycles. The zero-order valence-corrected chi connectivity index (χ0v) is 10.8. The lowest BCUT2D eigenvalue weighted by atomic mass is 9.76. The number of hydrogen-bond acceptors (Lipinski definition) is 3. The molecule has 2 N–H and O–H groups in total. The highest BCUT2D eigenvalue weighted by Gasteiger charge is 2.27. The van der Waals surface area contributed by atoms with Gasteiger partial charge in [-0.05, 0) is 30.4 Å². The summed E-state index contributed by atoms with van der Waals surface area (Å²) in [4.78, 5) is 15.8. The van der Waals surface area contributed by atoms with E-state index in [4.69, 9.17) is 0 Å². The third-order valence-corrected chi connectivity index (χ3v) is 3.74. The lowest BCUT2D eigenvalue weighted by molar-refractivity contribution is 0.0911. The van der Waals surface area contributed by atoms with E-state index in [1.165, 1.54) is 31.5 Å². The Bertz CT molecular complexity index is 426.